The lowest BCUT2D eigenvalue weighted by Crippen LogP contribution is -2.43. The van der Waals surface area contributed by atoms with Gasteiger partial charge in [-0.25, -0.2) is 14.2 Å². The second-order valence-electron chi connectivity index (χ2n) is 10.2. The maximum absolute atomic E-state index is 15.2. The van der Waals surface area contributed by atoms with Crippen molar-refractivity contribution in [3.8, 4) is 11.3 Å². The van der Waals surface area contributed by atoms with Crippen LogP contribution in [0.3, 0.4) is 0 Å². The number of aliphatic hydroxyl groups is 1. The number of benzene rings is 2. The van der Waals surface area contributed by atoms with Crippen LogP contribution in [0.4, 0.5) is 9.18 Å². The Kier molecular flexibility index (Phi) is 6.29. The van der Waals surface area contributed by atoms with Gasteiger partial charge in [-0.05, 0) is 75.3 Å². The number of thiazole rings is 1. The van der Waals surface area contributed by atoms with E-state index in [9.17, 15) is 19.8 Å². The van der Waals surface area contributed by atoms with Gasteiger partial charge in [-0.15, -0.1) is 0 Å². The molecule has 2 fully saturated rings. The molecule has 0 radical (unpaired) electrons. The number of carbonyl (C=O) groups is 2. The topological polar surface area (TPSA) is 110 Å². The fourth-order valence-corrected chi connectivity index (χ4v) is 6.53. The number of hydrogen-bond donors (Lipinski definition) is 3. The van der Waals surface area contributed by atoms with Crippen molar-refractivity contribution in [1.82, 2.24) is 24.5 Å². The molecule has 3 N–H and O–H groups in total. The molecule has 2 amide bonds. The monoisotopic (exact) mass is 537 g/mol. The summed E-state index contributed by atoms with van der Waals surface area (Å²) in [4.78, 5) is 33.1. The Labute approximate surface area is 222 Å². The Bertz CT molecular complexity index is 1540. The molecule has 9 nitrogen and oxygen atoms in total. The highest BCUT2D eigenvalue weighted by atomic mass is 32.1. The molecule has 4 heterocycles. The molecule has 11 heteroatoms. The number of carbonyl (C=O) groups excluding carboxylic acids is 1. The normalized spacial score (nSPS) is 21.0. The number of fused-ring (bicyclic) bond motifs is 3. The Morgan fingerprint density at radius 3 is 2.68 bits per heavy atom. The van der Waals surface area contributed by atoms with Crippen LogP contribution in [-0.4, -0.2) is 80.2 Å². The lowest BCUT2D eigenvalue weighted by Gasteiger charge is -2.29. The third kappa shape index (κ3) is 4.50. The summed E-state index contributed by atoms with van der Waals surface area (Å²) >= 11 is 1.43. The Morgan fingerprint density at radius 2 is 1.95 bits per heavy atom. The number of imidazole rings is 1. The molecule has 0 unspecified atom stereocenters. The van der Waals surface area contributed by atoms with Crippen molar-refractivity contribution in [2.75, 3.05) is 26.7 Å². The van der Waals surface area contributed by atoms with E-state index < -0.39 is 24.1 Å². The molecule has 2 aromatic carbocycles. The molecular formula is C27H28FN5O4S. The van der Waals surface area contributed by atoms with Gasteiger partial charge in [0.15, 0.2) is 4.96 Å². The molecule has 2 aliphatic rings. The zero-order chi connectivity index (χ0) is 26.6. The minimum Gasteiger partial charge on any atom is -0.465 e. The molecule has 0 spiro atoms. The summed E-state index contributed by atoms with van der Waals surface area (Å²) in [5.41, 5.74) is 2.77. The lowest BCUT2D eigenvalue weighted by atomic mass is 10.0. The molecule has 2 saturated heterocycles. The van der Waals surface area contributed by atoms with Gasteiger partial charge in [-0.2, -0.15) is 0 Å². The van der Waals surface area contributed by atoms with E-state index in [-0.39, 0.29) is 24.9 Å². The third-order valence-corrected chi connectivity index (χ3v) is 8.61. The molecule has 6 rings (SSSR count). The van der Waals surface area contributed by atoms with Crippen molar-refractivity contribution in [1.29, 1.82) is 0 Å². The number of nitrogens with zero attached hydrogens (tertiary/aromatic N) is 4. The van der Waals surface area contributed by atoms with Crippen LogP contribution >= 0.6 is 11.3 Å². The van der Waals surface area contributed by atoms with E-state index >= 15 is 4.39 Å². The number of β-amino-alcohol motifs (C(OH)–C–C–N with tert-alkyl or cyclic N) is 1. The van der Waals surface area contributed by atoms with Crippen LogP contribution in [-0.2, 0) is 0 Å². The van der Waals surface area contributed by atoms with Crippen LogP contribution < -0.4 is 5.32 Å². The predicted octanol–water partition coefficient (Wildman–Crippen LogP) is 3.96. The number of hydrogen-bond acceptors (Lipinski definition) is 6. The summed E-state index contributed by atoms with van der Waals surface area (Å²) in [6.07, 6.45) is 1.98. The summed E-state index contributed by atoms with van der Waals surface area (Å²) in [6.45, 7) is 1.96. The predicted molar refractivity (Wildman–Crippen MR) is 142 cm³/mol. The lowest BCUT2D eigenvalue weighted by molar-refractivity contribution is 0.0917. The number of piperidine rings is 1. The Balaban J connectivity index is 1.24. The third-order valence-electron chi connectivity index (χ3n) is 7.59. The van der Waals surface area contributed by atoms with Crippen molar-refractivity contribution in [3.63, 3.8) is 0 Å². The first-order valence-corrected chi connectivity index (χ1v) is 13.5. The highest BCUT2D eigenvalue weighted by Crippen LogP contribution is 2.35. The molecule has 0 bridgehead atoms. The second-order valence-corrected chi connectivity index (χ2v) is 11.2. The van der Waals surface area contributed by atoms with Crippen molar-refractivity contribution < 1.29 is 24.2 Å². The molecule has 2 aliphatic heterocycles. The molecule has 0 aliphatic carbocycles. The van der Waals surface area contributed by atoms with E-state index in [4.69, 9.17) is 0 Å². The highest BCUT2D eigenvalue weighted by Gasteiger charge is 2.35. The van der Waals surface area contributed by atoms with E-state index in [1.54, 1.807) is 24.4 Å². The van der Waals surface area contributed by atoms with Gasteiger partial charge < -0.3 is 20.4 Å². The summed E-state index contributed by atoms with van der Waals surface area (Å²) in [5, 5.41) is 22.5. The number of rotatable bonds is 4. The van der Waals surface area contributed by atoms with Gasteiger partial charge in [0, 0.05) is 23.4 Å². The quantitative estimate of drug-likeness (QED) is 0.364. The molecule has 4 aromatic rings. The summed E-state index contributed by atoms with van der Waals surface area (Å²) in [6, 6.07) is 9.79. The first-order valence-electron chi connectivity index (χ1n) is 12.7. The number of aliphatic hydroxyl groups excluding tert-OH is 1. The fraction of sp³-hybridized carbons (Fsp3) is 0.370. The fourth-order valence-electron chi connectivity index (χ4n) is 5.48. The summed E-state index contributed by atoms with van der Waals surface area (Å²) in [5.74, 6) is -0.580. The SMILES string of the molecule is CN1CCC(NC(=O)c2ccc3c(c2)sc2nc(-c4ccc([C@H]5C[C@H](O)CN5C(=O)O)cc4F)cn23)CC1. The van der Waals surface area contributed by atoms with Crippen molar-refractivity contribution in [2.45, 2.75) is 37.5 Å². The average molecular weight is 538 g/mol. The van der Waals surface area contributed by atoms with Crippen LogP contribution in [0.15, 0.2) is 42.6 Å². The zero-order valence-electron chi connectivity index (χ0n) is 20.8. The smallest absolute Gasteiger partial charge is 0.407 e. The maximum atomic E-state index is 15.2. The van der Waals surface area contributed by atoms with Gasteiger partial charge in [0.25, 0.3) is 5.91 Å². The number of halogens is 1. The van der Waals surface area contributed by atoms with Crippen LogP contribution in [0.25, 0.3) is 26.4 Å². The van der Waals surface area contributed by atoms with Gasteiger partial charge in [0.2, 0.25) is 0 Å². The first kappa shape index (κ1) is 24.8. The number of aromatic nitrogens is 2. The molecular weight excluding hydrogens is 509 g/mol. The van der Waals surface area contributed by atoms with Crippen molar-refractivity contribution in [2.24, 2.45) is 0 Å². The Morgan fingerprint density at radius 1 is 1.16 bits per heavy atom. The van der Waals surface area contributed by atoms with Crippen LogP contribution in [0.2, 0.25) is 0 Å². The van der Waals surface area contributed by atoms with Crippen LogP contribution in [0, 0.1) is 5.82 Å². The van der Waals surface area contributed by atoms with Crippen LogP contribution in [0.1, 0.15) is 41.2 Å². The molecule has 0 saturated carbocycles. The number of nitrogens with one attached hydrogen (secondary N) is 1. The van der Waals surface area contributed by atoms with Gasteiger partial charge in [-0.3, -0.25) is 14.1 Å². The van der Waals surface area contributed by atoms with Gasteiger partial charge in [0.05, 0.1) is 34.6 Å². The van der Waals surface area contributed by atoms with E-state index in [2.05, 4.69) is 22.2 Å². The second kappa shape index (κ2) is 9.64. The standard InChI is InChI=1S/C27H28FN5O4S/c1-31-8-6-17(7-9-31)29-25(35)16-3-5-22-24(11-16)38-26-30-21(14-32(22)26)19-4-2-15(10-20(19)28)23-12-18(34)13-33(23)27(36)37/h2-5,10-11,14,17-18,23,34H,6-9,12-13H2,1H3,(H,29,35)(H,36,37)/t18-,23+/m0/s1. The number of amides is 2. The number of carboxylic acid groups (broad SMARTS) is 1. The van der Waals surface area contributed by atoms with Crippen molar-refractivity contribution >= 4 is 38.5 Å². The molecule has 38 heavy (non-hydrogen) atoms. The average Bonchev–Trinajstić information content (AvgIpc) is 3.57. The highest BCUT2D eigenvalue weighted by molar-refractivity contribution is 7.23. The van der Waals surface area contributed by atoms with E-state index in [1.807, 2.05) is 16.5 Å². The van der Waals surface area contributed by atoms with Gasteiger partial charge in [-0.1, -0.05) is 17.4 Å². The summed E-state index contributed by atoms with van der Waals surface area (Å²) < 4.78 is 18.0. The minimum atomic E-state index is -1.14. The zero-order valence-corrected chi connectivity index (χ0v) is 21.6. The van der Waals surface area contributed by atoms with Crippen LogP contribution in [0.5, 0.6) is 0 Å². The molecule has 198 valence electrons. The molecule has 2 atom stereocenters. The van der Waals surface area contributed by atoms with Gasteiger partial charge >= 0.3 is 6.09 Å². The van der Waals surface area contributed by atoms with E-state index in [0.29, 0.717) is 27.3 Å². The molecule has 2 aromatic heterocycles. The van der Waals surface area contributed by atoms with E-state index in [1.165, 1.54) is 17.4 Å². The maximum Gasteiger partial charge on any atom is 0.407 e. The number of likely N-dealkylation sites (tertiary alicyclic amines) is 2. The minimum absolute atomic E-state index is 0.00925. The van der Waals surface area contributed by atoms with Crippen molar-refractivity contribution in [3.05, 3.63) is 59.5 Å². The summed E-state index contributed by atoms with van der Waals surface area (Å²) in [7, 11) is 2.09. The first-order chi connectivity index (χ1) is 18.3. The van der Waals surface area contributed by atoms with E-state index in [0.717, 1.165) is 41.0 Å². The van der Waals surface area contributed by atoms with Gasteiger partial charge in [0.1, 0.15) is 5.82 Å². The largest absolute Gasteiger partial charge is 0.465 e. The Hall–Kier alpha value is -3.54.